The average Bonchev–Trinajstić information content (AvgIpc) is 2.95. The van der Waals surface area contributed by atoms with E-state index in [1.807, 2.05) is 17.6 Å². The predicted octanol–water partition coefficient (Wildman–Crippen LogP) is 2.56. The van der Waals surface area contributed by atoms with Crippen molar-refractivity contribution in [3.8, 4) is 0 Å². The lowest BCUT2D eigenvalue weighted by Crippen LogP contribution is -2.22. The molecule has 1 saturated carbocycles. The van der Waals surface area contributed by atoms with Gasteiger partial charge in [0.25, 0.3) is 5.56 Å². The Balaban J connectivity index is 2.20. The molecule has 0 atom stereocenters. The third kappa shape index (κ3) is 2.19. The van der Waals surface area contributed by atoms with Gasteiger partial charge in [-0.15, -0.1) is 0 Å². The van der Waals surface area contributed by atoms with Crippen molar-refractivity contribution in [2.45, 2.75) is 32.7 Å². The first-order valence-electron chi connectivity index (χ1n) is 5.04. The van der Waals surface area contributed by atoms with Crippen LogP contribution < -0.4 is 5.56 Å². The maximum absolute atomic E-state index is 11.6. The van der Waals surface area contributed by atoms with Gasteiger partial charge in [0, 0.05) is 21.9 Å². The quantitative estimate of drug-likeness (QED) is 0.787. The number of nitrogens with zero attached hydrogens (tertiary/aromatic N) is 1. The molecular formula is C11H14INO. The molecule has 1 aliphatic carbocycles. The average molecular weight is 303 g/mol. The van der Waals surface area contributed by atoms with Crippen LogP contribution in [0.25, 0.3) is 0 Å². The van der Waals surface area contributed by atoms with Crippen molar-refractivity contribution in [2.24, 2.45) is 5.92 Å². The summed E-state index contributed by atoms with van der Waals surface area (Å²) in [5, 5.41) is 0. The molecule has 0 amide bonds. The zero-order valence-electron chi connectivity index (χ0n) is 8.29. The summed E-state index contributed by atoms with van der Waals surface area (Å²) < 4.78 is 3.08. The van der Waals surface area contributed by atoms with Crippen molar-refractivity contribution in [2.75, 3.05) is 0 Å². The van der Waals surface area contributed by atoms with Crippen molar-refractivity contribution < 1.29 is 0 Å². The summed E-state index contributed by atoms with van der Waals surface area (Å²) in [5.74, 6) is 0.888. The number of rotatable bonds is 3. The van der Waals surface area contributed by atoms with Crippen molar-refractivity contribution in [1.82, 2.24) is 4.57 Å². The van der Waals surface area contributed by atoms with Crippen LogP contribution >= 0.6 is 22.6 Å². The van der Waals surface area contributed by atoms with Crippen molar-refractivity contribution in [3.05, 3.63) is 31.8 Å². The fourth-order valence-electron chi connectivity index (χ4n) is 1.65. The van der Waals surface area contributed by atoms with Gasteiger partial charge in [-0.25, -0.2) is 0 Å². The molecule has 0 N–H and O–H groups in total. The Labute approximate surface area is 97.5 Å². The molecule has 2 nitrogen and oxygen atoms in total. The summed E-state index contributed by atoms with van der Waals surface area (Å²) in [6.07, 6.45) is 3.89. The van der Waals surface area contributed by atoms with Crippen LogP contribution in [0.2, 0.25) is 0 Å². The molecule has 0 radical (unpaired) electrons. The number of hydrogen-bond donors (Lipinski definition) is 0. The van der Waals surface area contributed by atoms with Crippen LogP contribution in [-0.4, -0.2) is 4.57 Å². The highest BCUT2D eigenvalue weighted by Crippen LogP contribution is 2.32. The first kappa shape index (κ1) is 10.2. The second-order valence-corrected chi connectivity index (χ2v) is 5.15. The van der Waals surface area contributed by atoms with Crippen LogP contribution in [-0.2, 0) is 6.54 Å². The molecule has 1 fully saturated rings. The van der Waals surface area contributed by atoms with E-state index in [-0.39, 0.29) is 5.56 Å². The van der Waals surface area contributed by atoms with Crippen LogP contribution in [0, 0.1) is 16.4 Å². The minimum atomic E-state index is 0.142. The lowest BCUT2D eigenvalue weighted by atomic mass is 10.2. The van der Waals surface area contributed by atoms with Crippen LogP contribution in [0.3, 0.4) is 0 Å². The van der Waals surface area contributed by atoms with Gasteiger partial charge in [0.1, 0.15) is 0 Å². The minimum Gasteiger partial charge on any atom is -0.312 e. The molecule has 0 aromatic carbocycles. The highest BCUT2D eigenvalue weighted by molar-refractivity contribution is 14.1. The van der Waals surface area contributed by atoms with Gasteiger partial charge >= 0.3 is 0 Å². The predicted molar refractivity (Wildman–Crippen MR) is 65.5 cm³/mol. The minimum absolute atomic E-state index is 0.142. The van der Waals surface area contributed by atoms with E-state index in [1.165, 1.54) is 22.8 Å². The van der Waals surface area contributed by atoms with E-state index in [9.17, 15) is 4.79 Å². The van der Waals surface area contributed by atoms with Crippen LogP contribution in [0.4, 0.5) is 0 Å². The maximum Gasteiger partial charge on any atom is 0.250 e. The zero-order chi connectivity index (χ0) is 10.1. The lowest BCUT2D eigenvalue weighted by molar-refractivity contribution is 0.568. The molecule has 1 heterocycles. The third-order valence-electron chi connectivity index (χ3n) is 2.85. The van der Waals surface area contributed by atoms with Crippen LogP contribution in [0.1, 0.15) is 25.0 Å². The second-order valence-electron chi connectivity index (χ2n) is 3.99. The smallest absolute Gasteiger partial charge is 0.250 e. The molecule has 0 aliphatic heterocycles. The van der Waals surface area contributed by atoms with E-state index in [2.05, 4.69) is 22.6 Å². The van der Waals surface area contributed by atoms with Gasteiger partial charge in [-0.2, -0.15) is 0 Å². The molecule has 0 saturated heterocycles. The first-order valence-corrected chi connectivity index (χ1v) is 6.12. The molecule has 0 bridgehead atoms. The Kier molecular flexibility index (Phi) is 2.95. The SMILES string of the molecule is Cc1c(I)ccc(=O)n1CCC1CC1. The lowest BCUT2D eigenvalue weighted by Gasteiger charge is -2.10. The number of halogens is 1. The van der Waals surface area contributed by atoms with Gasteiger partial charge in [0.2, 0.25) is 0 Å². The Morgan fingerprint density at radius 1 is 1.50 bits per heavy atom. The van der Waals surface area contributed by atoms with Gasteiger partial charge in [-0.3, -0.25) is 4.79 Å². The summed E-state index contributed by atoms with van der Waals surface area (Å²) in [7, 11) is 0. The fourth-order valence-corrected chi connectivity index (χ4v) is 2.12. The van der Waals surface area contributed by atoms with E-state index in [4.69, 9.17) is 0 Å². The standard InChI is InChI=1S/C11H14INO/c1-8-10(12)4-5-11(14)13(8)7-6-9-2-3-9/h4-5,9H,2-3,6-7H2,1H3. The Bertz CT molecular complexity index is 393. The fraction of sp³-hybridized carbons (Fsp3) is 0.545. The normalized spacial score (nSPS) is 15.9. The van der Waals surface area contributed by atoms with Crippen LogP contribution in [0.5, 0.6) is 0 Å². The van der Waals surface area contributed by atoms with Crippen molar-refractivity contribution >= 4 is 22.6 Å². The van der Waals surface area contributed by atoms with E-state index < -0.39 is 0 Å². The monoisotopic (exact) mass is 303 g/mol. The van der Waals surface area contributed by atoms with E-state index in [0.29, 0.717) is 0 Å². The summed E-state index contributed by atoms with van der Waals surface area (Å²) >= 11 is 2.28. The number of aromatic nitrogens is 1. The second kappa shape index (κ2) is 4.04. The number of pyridine rings is 1. The maximum atomic E-state index is 11.6. The highest BCUT2D eigenvalue weighted by Gasteiger charge is 2.21. The van der Waals surface area contributed by atoms with Gasteiger partial charge in [-0.05, 0) is 47.9 Å². The molecular weight excluding hydrogens is 289 g/mol. The van der Waals surface area contributed by atoms with Gasteiger partial charge in [0.05, 0.1) is 0 Å². The van der Waals surface area contributed by atoms with E-state index >= 15 is 0 Å². The number of hydrogen-bond acceptors (Lipinski definition) is 1. The van der Waals surface area contributed by atoms with Crippen molar-refractivity contribution in [3.63, 3.8) is 0 Å². The van der Waals surface area contributed by atoms with Gasteiger partial charge < -0.3 is 4.57 Å². The highest BCUT2D eigenvalue weighted by atomic mass is 127. The third-order valence-corrected chi connectivity index (χ3v) is 3.99. The molecule has 1 aromatic rings. The molecule has 2 rings (SSSR count). The summed E-state index contributed by atoms with van der Waals surface area (Å²) in [4.78, 5) is 11.6. The van der Waals surface area contributed by atoms with Crippen molar-refractivity contribution in [1.29, 1.82) is 0 Å². The Morgan fingerprint density at radius 3 is 2.86 bits per heavy atom. The molecule has 76 valence electrons. The molecule has 1 aliphatic rings. The van der Waals surface area contributed by atoms with E-state index in [1.54, 1.807) is 6.07 Å². The van der Waals surface area contributed by atoms with Crippen LogP contribution in [0.15, 0.2) is 16.9 Å². The first-order chi connectivity index (χ1) is 6.68. The molecule has 14 heavy (non-hydrogen) atoms. The molecule has 1 aromatic heterocycles. The summed E-state index contributed by atoms with van der Waals surface area (Å²) in [5.41, 5.74) is 1.25. The Hall–Kier alpha value is -0.320. The summed E-state index contributed by atoms with van der Waals surface area (Å²) in [6, 6.07) is 3.56. The molecule has 3 heteroatoms. The van der Waals surface area contributed by atoms with Gasteiger partial charge in [-0.1, -0.05) is 12.8 Å². The summed E-state index contributed by atoms with van der Waals surface area (Å²) in [6.45, 7) is 2.92. The molecule has 0 unspecified atom stereocenters. The topological polar surface area (TPSA) is 22.0 Å². The Morgan fingerprint density at radius 2 is 2.21 bits per heavy atom. The largest absolute Gasteiger partial charge is 0.312 e. The van der Waals surface area contributed by atoms with Gasteiger partial charge in [0.15, 0.2) is 0 Å². The zero-order valence-corrected chi connectivity index (χ0v) is 10.5. The van der Waals surface area contributed by atoms with E-state index in [0.717, 1.165) is 18.2 Å². The molecule has 0 spiro atoms.